The number of ether oxygens (including phenoxy) is 2. The molecule has 1 atom stereocenters. The molecule has 7 heteroatoms. The van der Waals surface area contributed by atoms with Gasteiger partial charge < -0.3 is 14.4 Å². The summed E-state index contributed by atoms with van der Waals surface area (Å²) in [6.45, 7) is 7.46. The lowest BCUT2D eigenvalue weighted by atomic mass is 10.0. The highest BCUT2D eigenvalue weighted by Crippen LogP contribution is 2.19. The van der Waals surface area contributed by atoms with Gasteiger partial charge in [-0.3, -0.25) is 9.69 Å². The first-order valence-electron chi connectivity index (χ1n) is 8.58. The summed E-state index contributed by atoms with van der Waals surface area (Å²) in [6, 6.07) is 5.72. The van der Waals surface area contributed by atoms with Gasteiger partial charge in [0, 0.05) is 39.5 Å². The molecular formula is C18H26N4O3. The molecule has 0 unspecified atom stereocenters. The maximum atomic E-state index is 12.8. The van der Waals surface area contributed by atoms with Crippen LogP contribution in [0.15, 0.2) is 18.3 Å². The van der Waals surface area contributed by atoms with Crippen LogP contribution in [-0.2, 0) is 4.74 Å². The van der Waals surface area contributed by atoms with Crippen molar-refractivity contribution in [1.82, 2.24) is 14.8 Å². The van der Waals surface area contributed by atoms with Gasteiger partial charge in [0.25, 0.3) is 5.91 Å². The molecule has 0 saturated carbocycles. The van der Waals surface area contributed by atoms with Crippen LogP contribution in [0.3, 0.4) is 0 Å². The lowest BCUT2D eigenvalue weighted by molar-refractivity contribution is 0.0570. The molecule has 1 aliphatic rings. The van der Waals surface area contributed by atoms with Crippen LogP contribution in [0.2, 0.25) is 0 Å². The van der Waals surface area contributed by atoms with Crippen LogP contribution in [0.1, 0.15) is 24.2 Å². The van der Waals surface area contributed by atoms with Gasteiger partial charge in [-0.15, -0.1) is 0 Å². The topological polar surface area (TPSA) is 78.7 Å². The third kappa shape index (κ3) is 4.91. The number of rotatable bonds is 7. The van der Waals surface area contributed by atoms with E-state index in [4.69, 9.17) is 9.47 Å². The Morgan fingerprint density at radius 1 is 1.32 bits per heavy atom. The fourth-order valence-electron chi connectivity index (χ4n) is 2.92. The number of methoxy groups -OCH3 is 1. The van der Waals surface area contributed by atoms with Crippen LogP contribution in [0.5, 0.6) is 5.88 Å². The zero-order chi connectivity index (χ0) is 18.2. The van der Waals surface area contributed by atoms with Gasteiger partial charge in [-0.05, 0) is 18.1 Å². The van der Waals surface area contributed by atoms with Gasteiger partial charge in [-0.1, -0.05) is 13.8 Å². The maximum absolute atomic E-state index is 12.8. The van der Waals surface area contributed by atoms with Gasteiger partial charge in [0.05, 0.1) is 12.7 Å². The van der Waals surface area contributed by atoms with Crippen molar-refractivity contribution in [2.24, 2.45) is 5.92 Å². The second-order valence-corrected chi connectivity index (χ2v) is 6.34. The first-order chi connectivity index (χ1) is 12.1. The van der Waals surface area contributed by atoms with Crippen LogP contribution in [0, 0.1) is 17.2 Å². The van der Waals surface area contributed by atoms with Crippen molar-refractivity contribution < 1.29 is 14.3 Å². The van der Waals surface area contributed by atoms with E-state index in [1.807, 2.05) is 13.8 Å². The van der Waals surface area contributed by atoms with Gasteiger partial charge in [-0.25, -0.2) is 4.98 Å². The minimum Gasteiger partial charge on any atom is -0.475 e. The third-order valence-electron chi connectivity index (χ3n) is 4.29. The van der Waals surface area contributed by atoms with Crippen molar-refractivity contribution >= 4 is 5.91 Å². The largest absolute Gasteiger partial charge is 0.475 e. The number of pyridine rings is 1. The summed E-state index contributed by atoms with van der Waals surface area (Å²) in [6.07, 6.45) is 1.61. The summed E-state index contributed by atoms with van der Waals surface area (Å²) in [4.78, 5) is 20.9. The molecule has 2 rings (SSSR count). The smallest absolute Gasteiger partial charge is 0.259 e. The van der Waals surface area contributed by atoms with Gasteiger partial charge in [0.1, 0.15) is 18.2 Å². The van der Waals surface area contributed by atoms with Gasteiger partial charge in [0.2, 0.25) is 5.88 Å². The third-order valence-corrected chi connectivity index (χ3v) is 4.29. The molecule has 0 aromatic carbocycles. The minimum absolute atomic E-state index is 0.0850. The normalized spacial score (nSPS) is 16.5. The zero-order valence-corrected chi connectivity index (χ0v) is 15.1. The van der Waals surface area contributed by atoms with Crippen LogP contribution in [0.4, 0.5) is 0 Å². The van der Waals surface area contributed by atoms with E-state index in [-0.39, 0.29) is 17.9 Å². The Bertz CT molecular complexity index is 607. The molecule has 0 spiro atoms. The molecule has 25 heavy (non-hydrogen) atoms. The fraction of sp³-hybridized carbons (Fsp3) is 0.611. The highest BCUT2D eigenvalue weighted by atomic mass is 16.5. The Morgan fingerprint density at radius 2 is 2.04 bits per heavy atom. The van der Waals surface area contributed by atoms with E-state index in [0.29, 0.717) is 50.8 Å². The second kappa shape index (κ2) is 9.35. The predicted molar refractivity (Wildman–Crippen MR) is 93.3 cm³/mol. The number of hydrogen-bond acceptors (Lipinski definition) is 6. The minimum atomic E-state index is -0.108. The van der Waals surface area contributed by atoms with Gasteiger partial charge in [0.15, 0.2) is 0 Å². The number of carbonyl (C=O) groups excluding carboxylic acids is 1. The average Bonchev–Trinajstić information content (AvgIpc) is 2.63. The molecule has 0 aliphatic carbocycles. The lowest BCUT2D eigenvalue weighted by Crippen LogP contribution is -2.52. The van der Waals surface area contributed by atoms with E-state index in [9.17, 15) is 10.1 Å². The summed E-state index contributed by atoms with van der Waals surface area (Å²) in [7, 11) is 1.60. The van der Waals surface area contributed by atoms with Crippen molar-refractivity contribution in [3.63, 3.8) is 0 Å². The Balaban J connectivity index is 2.00. The summed E-state index contributed by atoms with van der Waals surface area (Å²) >= 11 is 0. The molecule has 1 saturated heterocycles. The summed E-state index contributed by atoms with van der Waals surface area (Å²) in [5.41, 5.74) is 0.466. The molecule has 1 fully saturated rings. The standard InChI is InChI=1S/C18H26N4O3/c1-14(2)16(13-19)21-7-9-22(10-8-21)18(23)15-5-4-6-20-17(15)25-12-11-24-3/h4-6,14,16H,7-12H2,1-3H3/t16-/m1/s1. The quantitative estimate of drug-likeness (QED) is 0.695. The molecule has 136 valence electrons. The lowest BCUT2D eigenvalue weighted by Gasteiger charge is -2.38. The first kappa shape index (κ1) is 19.2. The van der Waals surface area contributed by atoms with Crippen LogP contribution in [0.25, 0.3) is 0 Å². The highest BCUT2D eigenvalue weighted by Gasteiger charge is 2.29. The van der Waals surface area contributed by atoms with Crippen molar-refractivity contribution in [1.29, 1.82) is 5.26 Å². The molecule has 1 aliphatic heterocycles. The van der Waals surface area contributed by atoms with Crippen molar-refractivity contribution in [3.8, 4) is 11.9 Å². The Hall–Kier alpha value is -2.17. The summed E-state index contributed by atoms with van der Waals surface area (Å²) in [5, 5.41) is 9.33. The van der Waals surface area contributed by atoms with E-state index >= 15 is 0 Å². The Morgan fingerprint density at radius 3 is 2.64 bits per heavy atom. The van der Waals surface area contributed by atoms with E-state index < -0.39 is 0 Å². The molecule has 2 heterocycles. The first-order valence-corrected chi connectivity index (χ1v) is 8.58. The molecule has 0 N–H and O–H groups in total. The van der Waals surface area contributed by atoms with Gasteiger partial charge >= 0.3 is 0 Å². The van der Waals surface area contributed by atoms with Crippen LogP contribution in [-0.4, -0.2) is 73.2 Å². The Kier molecular flexibility index (Phi) is 7.16. The van der Waals surface area contributed by atoms with Crippen molar-refractivity contribution in [3.05, 3.63) is 23.9 Å². The molecule has 1 amide bonds. The summed E-state index contributed by atoms with van der Waals surface area (Å²) < 4.78 is 10.5. The van der Waals surface area contributed by atoms with Crippen LogP contribution >= 0.6 is 0 Å². The van der Waals surface area contributed by atoms with E-state index in [2.05, 4.69) is 16.0 Å². The number of amides is 1. The number of hydrogen-bond donors (Lipinski definition) is 0. The summed E-state index contributed by atoms with van der Waals surface area (Å²) in [5.74, 6) is 0.522. The predicted octanol–water partition coefficient (Wildman–Crippen LogP) is 1.41. The highest BCUT2D eigenvalue weighted by molar-refractivity contribution is 5.96. The number of aromatic nitrogens is 1. The van der Waals surface area contributed by atoms with E-state index in [1.165, 1.54) is 0 Å². The van der Waals surface area contributed by atoms with Crippen molar-refractivity contribution in [2.75, 3.05) is 46.5 Å². The maximum Gasteiger partial charge on any atom is 0.259 e. The van der Waals surface area contributed by atoms with Crippen molar-refractivity contribution in [2.45, 2.75) is 19.9 Å². The number of nitriles is 1. The molecule has 0 radical (unpaired) electrons. The number of carbonyl (C=O) groups is 1. The fourth-order valence-corrected chi connectivity index (χ4v) is 2.92. The van der Waals surface area contributed by atoms with Gasteiger partial charge in [-0.2, -0.15) is 5.26 Å². The Labute approximate surface area is 149 Å². The zero-order valence-electron chi connectivity index (χ0n) is 15.1. The molecule has 0 bridgehead atoms. The molecular weight excluding hydrogens is 320 g/mol. The van der Waals surface area contributed by atoms with E-state index in [0.717, 1.165) is 0 Å². The number of nitrogens with zero attached hydrogens (tertiary/aromatic N) is 4. The average molecular weight is 346 g/mol. The SMILES string of the molecule is COCCOc1ncccc1C(=O)N1CCN([C@H](C#N)C(C)C)CC1. The number of piperazine rings is 1. The van der Waals surface area contributed by atoms with Crippen LogP contribution < -0.4 is 4.74 Å². The molecule has 1 aromatic heterocycles. The second-order valence-electron chi connectivity index (χ2n) is 6.34. The molecule has 7 nitrogen and oxygen atoms in total. The monoisotopic (exact) mass is 346 g/mol. The van der Waals surface area contributed by atoms with E-state index in [1.54, 1.807) is 30.3 Å². The molecule has 1 aromatic rings.